The molecule has 1 aromatic heterocycles. The lowest BCUT2D eigenvalue weighted by molar-refractivity contribution is 0.518. The van der Waals surface area contributed by atoms with Gasteiger partial charge in [-0.3, -0.25) is 0 Å². The molecule has 0 aliphatic carbocycles. The number of fused-ring (bicyclic) bond motifs is 1. The Morgan fingerprint density at radius 1 is 1.05 bits per heavy atom. The minimum atomic E-state index is -0.835. The van der Waals surface area contributed by atoms with Crippen LogP contribution in [0.4, 0.5) is 14.5 Å². The third-order valence-electron chi connectivity index (χ3n) is 2.71. The van der Waals surface area contributed by atoms with Gasteiger partial charge in [0.15, 0.2) is 11.6 Å². The van der Waals surface area contributed by atoms with Crippen LogP contribution in [0.2, 0.25) is 0 Å². The molecule has 0 unspecified atom stereocenters. The molecule has 0 saturated heterocycles. The van der Waals surface area contributed by atoms with Crippen molar-refractivity contribution >= 4 is 27.2 Å². The van der Waals surface area contributed by atoms with E-state index < -0.39 is 11.6 Å². The fraction of sp³-hybridized carbons (Fsp3) is 0.0714. The van der Waals surface area contributed by atoms with E-state index in [4.69, 9.17) is 0 Å². The Morgan fingerprint density at radius 2 is 1.84 bits per heavy atom. The molecule has 0 spiro atoms. The van der Waals surface area contributed by atoms with E-state index in [0.29, 0.717) is 12.1 Å². The first-order valence-electron chi connectivity index (χ1n) is 5.76. The van der Waals surface area contributed by atoms with Gasteiger partial charge < -0.3 is 5.32 Å². The van der Waals surface area contributed by atoms with Crippen molar-refractivity contribution < 1.29 is 8.78 Å². The van der Waals surface area contributed by atoms with Crippen molar-refractivity contribution in [3.8, 4) is 0 Å². The molecular formula is C14H10F2N2S. The van der Waals surface area contributed by atoms with Crippen LogP contribution in [0.15, 0.2) is 42.5 Å². The number of benzene rings is 2. The van der Waals surface area contributed by atoms with Crippen molar-refractivity contribution in [1.29, 1.82) is 0 Å². The van der Waals surface area contributed by atoms with Crippen LogP contribution in [0.5, 0.6) is 0 Å². The minimum Gasteiger partial charge on any atom is -0.379 e. The Morgan fingerprint density at radius 3 is 2.63 bits per heavy atom. The lowest BCUT2D eigenvalue weighted by Crippen LogP contribution is -1.97. The van der Waals surface area contributed by atoms with Crippen LogP contribution < -0.4 is 5.32 Å². The summed E-state index contributed by atoms with van der Waals surface area (Å²) in [7, 11) is 0. The summed E-state index contributed by atoms with van der Waals surface area (Å²) in [6.45, 7) is 0.490. The summed E-state index contributed by atoms with van der Waals surface area (Å²) in [5, 5.41) is 3.91. The number of para-hydroxylation sites is 1. The van der Waals surface area contributed by atoms with E-state index in [-0.39, 0.29) is 4.70 Å². The topological polar surface area (TPSA) is 24.9 Å². The van der Waals surface area contributed by atoms with Gasteiger partial charge in [0.2, 0.25) is 0 Å². The average molecular weight is 276 g/mol. The first-order valence-corrected chi connectivity index (χ1v) is 6.58. The second kappa shape index (κ2) is 4.93. The van der Waals surface area contributed by atoms with Crippen LogP contribution in [0.25, 0.3) is 10.2 Å². The number of anilines is 1. The van der Waals surface area contributed by atoms with Crippen molar-refractivity contribution in [2.45, 2.75) is 6.54 Å². The summed E-state index contributed by atoms with van der Waals surface area (Å²) >= 11 is 1.17. The van der Waals surface area contributed by atoms with Crippen molar-refractivity contribution in [1.82, 2.24) is 4.98 Å². The normalized spacial score (nSPS) is 10.8. The van der Waals surface area contributed by atoms with Gasteiger partial charge in [0.1, 0.15) is 5.01 Å². The molecule has 5 heteroatoms. The number of hydrogen-bond donors (Lipinski definition) is 1. The Hall–Kier alpha value is -2.01. The number of thiazole rings is 1. The maximum Gasteiger partial charge on any atom is 0.178 e. The lowest BCUT2D eigenvalue weighted by atomic mass is 10.3. The molecule has 0 fully saturated rings. The third kappa shape index (κ3) is 2.42. The Balaban J connectivity index is 1.84. The van der Waals surface area contributed by atoms with E-state index in [9.17, 15) is 8.78 Å². The molecule has 0 radical (unpaired) electrons. The highest BCUT2D eigenvalue weighted by Gasteiger charge is 2.12. The number of nitrogens with zero attached hydrogens (tertiary/aromatic N) is 1. The number of aromatic nitrogens is 1. The molecule has 2 aromatic carbocycles. The second-order valence-corrected chi connectivity index (χ2v) is 5.12. The summed E-state index contributed by atoms with van der Waals surface area (Å²) < 4.78 is 26.9. The fourth-order valence-corrected chi connectivity index (χ4v) is 2.72. The quantitative estimate of drug-likeness (QED) is 0.776. The van der Waals surface area contributed by atoms with Crippen molar-refractivity contribution in [3.05, 3.63) is 59.1 Å². The predicted octanol–water partition coefficient (Wildman–Crippen LogP) is 4.19. The molecule has 0 bridgehead atoms. The number of nitrogens with one attached hydrogen (secondary N) is 1. The van der Waals surface area contributed by atoms with Gasteiger partial charge in [-0.1, -0.05) is 18.2 Å². The first kappa shape index (κ1) is 12.0. The molecule has 0 aliphatic rings. The standard InChI is InChI=1S/C14H10F2N2S/c15-10-6-7-11-14(13(10)16)19-12(18-11)8-17-9-4-2-1-3-5-9/h1-7,17H,8H2. The molecule has 0 amide bonds. The van der Waals surface area contributed by atoms with Crippen molar-refractivity contribution in [2.24, 2.45) is 0 Å². The van der Waals surface area contributed by atoms with Crippen LogP contribution >= 0.6 is 11.3 Å². The molecule has 96 valence electrons. The average Bonchev–Trinajstić information content (AvgIpc) is 2.86. The molecule has 2 nitrogen and oxygen atoms in total. The molecule has 1 N–H and O–H groups in total. The number of hydrogen-bond acceptors (Lipinski definition) is 3. The van der Waals surface area contributed by atoms with Crippen LogP contribution in [0, 0.1) is 11.6 Å². The van der Waals surface area contributed by atoms with E-state index in [0.717, 1.165) is 16.8 Å². The molecule has 3 rings (SSSR count). The SMILES string of the molecule is Fc1ccc2nc(CNc3ccccc3)sc2c1F. The van der Waals surface area contributed by atoms with Gasteiger partial charge >= 0.3 is 0 Å². The van der Waals surface area contributed by atoms with Crippen LogP contribution in [0.1, 0.15) is 5.01 Å². The molecule has 0 aliphatic heterocycles. The summed E-state index contributed by atoms with van der Waals surface area (Å²) in [6, 6.07) is 12.3. The minimum absolute atomic E-state index is 0.268. The number of rotatable bonds is 3. The summed E-state index contributed by atoms with van der Waals surface area (Å²) in [5.41, 5.74) is 1.46. The van der Waals surface area contributed by atoms with Crippen molar-refractivity contribution in [2.75, 3.05) is 5.32 Å². The van der Waals surface area contributed by atoms with Crippen LogP contribution in [-0.2, 0) is 6.54 Å². The summed E-state index contributed by atoms with van der Waals surface area (Å²) in [5.74, 6) is -1.65. The smallest absolute Gasteiger partial charge is 0.178 e. The summed E-state index contributed by atoms with van der Waals surface area (Å²) in [4.78, 5) is 4.28. The molecular weight excluding hydrogens is 266 g/mol. The van der Waals surface area contributed by atoms with Crippen molar-refractivity contribution in [3.63, 3.8) is 0 Å². The summed E-state index contributed by atoms with van der Waals surface area (Å²) in [6.07, 6.45) is 0. The number of halogens is 2. The highest BCUT2D eigenvalue weighted by Crippen LogP contribution is 2.27. The highest BCUT2D eigenvalue weighted by atomic mass is 32.1. The first-order chi connectivity index (χ1) is 9.24. The van der Waals surface area contributed by atoms with Crippen LogP contribution in [-0.4, -0.2) is 4.98 Å². The van der Waals surface area contributed by atoms with Crippen LogP contribution in [0.3, 0.4) is 0 Å². The van der Waals surface area contributed by atoms with E-state index in [1.165, 1.54) is 17.4 Å². The van der Waals surface area contributed by atoms with Gasteiger partial charge in [0.05, 0.1) is 16.8 Å². The second-order valence-electron chi connectivity index (χ2n) is 4.04. The Labute approximate surface area is 112 Å². The maximum atomic E-state index is 13.5. The van der Waals surface area contributed by atoms with Gasteiger partial charge in [-0.2, -0.15) is 0 Å². The molecule has 0 saturated carbocycles. The zero-order chi connectivity index (χ0) is 13.2. The van der Waals surface area contributed by atoms with E-state index in [1.807, 2.05) is 30.3 Å². The van der Waals surface area contributed by atoms with E-state index >= 15 is 0 Å². The Bertz CT molecular complexity index is 710. The Kier molecular flexibility index (Phi) is 3.13. The highest BCUT2D eigenvalue weighted by molar-refractivity contribution is 7.18. The monoisotopic (exact) mass is 276 g/mol. The zero-order valence-electron chi connectivity index (χ0n) is 9.86. The van der Waals surface area contributed by atoms with E-state index in [2.05, 4.69) is 10.3 Å². The van der Waals surface area contributed by atoms with E-state index in [1.54, 1.807) is 0 Å². The zero-order valence-corrected chi connectivity index (χ0v) is 10.7. The van der Waals surface area contributed by atoms with Gasteiger partial charge in [0.25, 0.3) is 0 Å². The van der Waals surface area contributed by atoms with Gasteiger partial charge in [-0.15, -0.1) is 11.3 Å². The van der Waals surface area contributed by atoms with Gasteiger partial charge in [-0.05, 0) is 24.3 Å². The molecule has 0 atom stereocenters. The third-order valence-corrected chi connectivity index (χ3v) is 3.78. The predicted molar refractivity (Wildman–Crippen MR) is 73.3 cm³/mol. The molecule has 1 heterocycles. The fourth-order valence-electron chi connectivity index (χ4n) is 1.79. The maximum absolute atomic E-state index is 13.5. The van der Waals surface area contributed by atoms with Gasteiger partial charge in [-0.25, -0.2) is 13.8 Å². The largest absolute Gasteiger partial charge is 0.379 e. The molecule has 3 aromatic rings. The molecule has 19 heavy (non-hydrogen) atoms. The van der Waals surface area contributed by atoms with Gasteiger partial charge in [0, 0.05) is 5.69 Å². The lowest BCUT2D eigenvalue weighted by Gasteiger charge is -2.02.